The number of pyridine rings is 1. The zero-order valence-corrected chi connectivity index (χ0v) is 18.2. The van der Waals surface area contributed by atoms with Crippen molar-refractivity contribution in [2.45, 2.75) is 58.6 Å². The number of carboxylic acids is 1. The lowest BCUT2D eigenvalue weighted by Crippen LogP contribution is -2.26. The van der Waals surface area contributed by atoms with Crippen LogP contribution in [-0.4, -0.2) is 46.6 Å². The molecule has 0 aromatic carbocycles. The average Bonchev–Trinajstić information content (AvgIpc) is 3.16. The van der Waals surface area contributed by atoms with Crippen LogP contribution in [0.2, 0.25) is 0 Å². The molecule has 158 valence electrons. The number of ether oxygens (including phenoxy) is 1. The molecule has 0 aliphatic carbocycles. The quantitative estimate of drug-likeness (QED) is 0.518. The van der Waals surface area contributed by atoms with Crippen molar-refractivity contribution in [3.63, 3.8) is 0 Å². The predicted molar refractivity (Wildman–Crippen MR) is 115 cm³/mol. The van der Waals surface area contributed by atoms with Crippen LogP contribution in [0.4, 0.5) is 0 Å². The van der Waals surface area contributed by atoms with Crippen LogP contribution in [0.3, 0.4) is 0 Å². The van der Waals surface area contributed by atoms with Crippen LogP contribution < -0.4 is 0 Å². The first-order valence-electron chi connectivity index (χ1n) is 10.1. The Morgan fingerprint density at radius 2 is 2.07 bits per heavy atom. The third-order valence-electron chi connectivity index (χ3n) is 4.65. The van der Waals surface area contributed by atoms with E-state index in [-0.39, 0.29) is 12.3 Å². The minimum absolute atomic E-state index is 0.179. The van der Waals surface area contributed by atoms with Gasteiger partial charge in [-0.2, -0.15) is 0 Å². The molecule has 0 radical (unpaired) electrons. The van der Waals surface area contributed by atoms with Crippen molar-refractivity contribution in [2.24, 2.45) is 0 Å². The minimum Gasteiger partial charge on any atom is -0.479 e. The lowest BCUT2D eigenvalue weighted by Gasteiger charge is -2.16. The summed E-state index contributed by atoms with van der Waals surface area (Å²) in [6.07, 6.45) is 4.87. The molecular weight excluding hydrogens is 388 g/mol. The Morgan fingerprint density at radius 3 is 2.69 bits per heavy atom. The van der Waals surface area contributed by atoms with Crippen LogP contribution in [-0.2, 0) is 27.3 Å². The van der Waals surface area contributed by atoms with Gasteiger partial charge < -0.3 is 14.7 Å². The summed E-state index contributed by atoms with van der Waals surface area (Å²) in [6.45, 7) is 4.87. The number of unbranched alkanes of at least 4 members (excludes halogenated alkanes) is 2. The molecule has 29 heavy (non-hydrogen) atoms. The first-order valence-corrected chi connectivity index (χ1v) is 10.9. The summed E-state index contributed by atoms with van der Waals surface area (Å²) in [6, 6.07) is 5.84. The van der Waals surface area contributed by atoms with E-state index in [4.69, 9.17) is 4.74 Å². The predicted octanol–water partition coefficient (Wildman–Crippen LogP) is 4.38. The number of carboxylic acid groups (broad SMARTS) is 1. The van der Waals surface area contributed by atoms with E-state index in [1.165, 1.54) is 0 Å². The van der Waals surface area contributed by atoms with Crippen LogP contribution in [0, 0.1) is 0 Å². The molecule has 1 amide bonds. The van der Waals surface area contributed by atoms with Crippen molar-refractivity contribution in [3.05, 3.63) is 40.2 Å². The van der Waals surface area contributed by atoms with E-state index < -0.39 is 12.1 Å². The Bertz CT molecular complexity index is 788. The maximum atomic E-state index is 12.2. The largest absolute Gasteiger partial charge is 0.479 e. The van der Waals surface area contributed by atoms with Gasteiger partial charge >= 0.3 is 5.97 Å². The van der Waals surface area contributed by atoms with Gasteiger partial charge in [0.15, 0.2) is 6.10 Å². The van der Waals surface area contributed by atoms with Crippen LogP contribution in [0.1, 0.15) is 50.0 Å². The second-order valence-electron chi connectivity index (χ2n) is 7.05. The molecule has 0 bridgehead atoms. The molecule has 2 rings (SSSR count). The molecule has 1 unspecified atom stereocenters. The smallest absolute Gasteiger partial charge is 0.333 e. The first-order chi connectivity index (χ1) is 13.9. The molecule has 1 N–H and O–H groups in total. The second kappa shape index (κ2) is 11.7. The molecular formula is C22H30N2O4S. The number of hydrogen-bond acceptors (Lipinski definition) is 5. The van der Waals surface area contributed by atoms with E-state index in [1.807, 2.05) is 24.6 Å². The fourth-order valence-electron chi connectivity index (χ4n) is 2.99. The van der Waals surface area contributed by atoms with Crippen LogP contribution in [0.25, 0.3) is 11.3 Å². The van der Waals surface area contributed by atoms with E-state index in [0.717, 1.165) is 41.0 Å². The maximum absolute atomic E-state index is 12.2. The standard InChI is InChI=1S/C22H30N2O4S/c1-4-6-7-8-21(25)24(3)14-18-12-17(15-29-18)19-10-9-16(13-23-19)11-20(22(26)27)28-5-2/h9-10,12-13,15,20H,4-8,11,14H2,1-3H3,(H,26,27). The summed E-state index contributed by atoms with van der Waals surface area (Å²) in [4.78, 5) is 30.8. The summed E-state index contributed by atoms with van der Waals surface area (Å²) in [5.41, 5.74) is 2.65. The number of aromatic nitrogens is 1. The first kappa shape index (κ1) is 23.0. The number of aliphatic carboxylic acids is 1. The minimum atomic E-state index is -0.966. The zero-order chi connectivity index (χ0) is 21.2. The molecule has 6 nitrogen and oxygen atoms in total. The fraction of sp³-hybridized carbons (Fsp3) is 0.500. The van der Waals surface area contributed by atoms with Crippen LogP contribution >= 0.6 is 11.3 Å². The van der Waals surface area contributed by atoms with Gasteiger partial charge in [-0.05, 0) is 31.0 Å². The van der Waals surface area contributed by atoms with Gasteiger partial charge in [-0.3, -0.25) is 9.78 Å². The van der Waals surface area contributed by atoms with Crippen molar-refractivity contribution >= 4 is 23.2 Å². The van der Waals surface area contributed by atoms with Crippen LogP contribution in [0.15, 0.2) is 29.8 Å². The SMILES string of the molecule is CCCCCC(=O)N(C)Cc1cc(-c2ccc(CC(OCC)C(=O)O)cn2)cs1. The Kier molecular flexibility index (Phi) is 9.28. The van der Waals surface area contributed by atoms with Gasteiger partial charge in [-0.25, -0.2) is 4.79 Å². The van der Waals surface area contributed by atoms with E-state index >= 15 is 0 Å². The fourth-order valence-corrected chi connectivity index (χ4v) is 3.92. The average molecular weight is 419 g/mol. The number of nitrogens with zero attached hydrogens (tertiary/aromatic N) is 2. The number of carbonyl (C=O) groups is 2. The van der Waals surface area contributed by atoms with E-state index in [1.54, 1.807) is 29.4 Å². The van der Waals surface area contributed by atoms with Gasteiger partial charge in [0.05, 0.1) is 12.2 Å². The number of amides is 1. The van der Waals surface area contributed by atoms with Gasteiger partial charge in [0.1, 0.15) is 0 Å². The van der Waals surface area contributed by atoms with E-state index in [0.29, 0.717) is 19.6 Å². The van der Waals surface area contributed by atoms with Crippen molar-refractivity contribution in [1.82, 2.24) is 9.88 Å². The number of hydrogen-bond donors (Lipinski definition) is 1. The molecule has 0 aliphatic rings. The molecule has 0 aliphatic heterocycles. The molecule has 0 fully saturated rings. The molecule has 2 aromatic rings. The van der Waals surface area contributed by atoms with Crippen molar-refractivity contribution in [2.75, 3.05) is 13.7 Å². The third kappa shape index (κ3) is 7.25. The highest BCUT2D eigenvalue weighted by molar-refractivity contribution is 7.10. The lowest BCUT2D eigenvalue weighted by atomic mass is 10.1. The normalized spacial score (nSPS) is 12.0. The van der Waals surface area contributed by atoms with E-state index in [2.05, 4.69) is 18.0 Å². The van der Waals surface area contributed by atoms with Crippen LogP contribution in [0.5, 0.6) is 0 Å². The second-order valence-corrected chi connectivity index (χ2v) is 8.04. The third-order valence-corrected chi connectivity index (χ3v) is 5.57. The maximum Gasteiger partial charge on any atom is 0.333 e. The summed E-state index contributed by atoms with van der Waals surface area (Å²) in [7, 11) is 1.85. The van der Waals surface area contributed by atoms with Crippen molar-refractivity contribution in [3.8, 4) is 11.3 Å². The molecule has 2 heterocycles. The Balaban J connectivity index is 1.96. The monoisotopic (exact) mass is 418 g/mol. The molecule has 2 aromatic heterocycles. The summed E-state index contributed by atoms with van der Waals surface area (Å²) in [5, 5.41) is 11.2. The highest BCUT2D eigenvalue weighted by Gasteiger charge is 2.18. The number of carbonyl (C=O) groups excluding carboxylic acids is 1. The molecule has 0 saturated carbocycles. The Labute approximate surface area is 176 Å². The summed E-state index contributed by atoms with van der Waals surface area (Å²) in [5.74, 6) is -0.787. The van der Waals surface area contributed by atoms with Gasteiger partial charge in [0.2, 0.25) is 5.91 Å². The van der Waals surface area contributed by atoms with Crippen molar-refractivity contribution in [1.29, 1.82) is 0 Å². The molecule has 1 atom stereocenters. The van der Waals surface area contributed by atoms with Gasteiger partial charge in [-0.1, -0.05) is 25.8 Å². The summed E-state index contributed by atoms with van der Waals surface area (Å²) < 4.78 is 5.25. The highest BCUT2D eigenvalue weighted by atomic mass is 32.1. The highest BCUT2D eigenvalue weighted by Crippen LogP contribution is 2.25. The molecule has 7 heteroatoms. The summed E-state index contributed by atoms with van der Waals surface area (Å²) >= 11 is 1.61. The number of rotatable bonds is 12. The topological polar surface area (TPSA) is 79.7 Å². The van der Waals surface area contributed by atoms with Crippen molar-refractivity contribution < 1.29 is 19.4 Å². The Morgan fingerprint density at radius 1 is 1.28 bits per heavy atom. The zero-order valence-electron chi connectivity index (χ0n) is 17.4. The van der Waals surface area contributed by atoms with Gasteiger partial charge in [-0.15, -0.1) is 11.3 Å². The molecule has 0 spiro atoms. The lowest BCUT2D eigenvalue weighted by molar-refractivity contribution is -0.150. The number of thiophene rings is 1. The Hall–Kier alpha value is -2.25. The van der Waals surface area contributed by atoms with E-state index in [9.17, 15) is 14.7 Å². The molecule has 0 saturated heterocycles. The van der Waals surface area contributed by atoms with Gasteiger partial charge in [0, 0.05) is 48.5 Å². The van der Waals surface area contributed by atoms with Gasteiger partial charge in [0.25, 0.3) is 0 Å².